The Morgan fingerprint density at radius 2 is 1.31 bits per heavy atom. The van der Waals surface area contributed by atoms with Crippen LogP contribution in [0.3, 0.4) is 0 Å². The highest BCUT2D eigenvalue weighted by atomic mass is 16.5. The maximum atomic E-state index is 13.1. The molecule has 0 aliphatic heterocycles. The van der Waals surface area contributed by atoms with E-state index in [0.717, 1.165) is 35.2 Å². The molecule has 0 atom stereocenters. The first kappa shape index (κ1) is 21.6. The van der Waals surface area contributed by atoms with Crippen LogP contribution in [0.5, 0.6) is 0 Å². The molecule has 1 radical (unpaired) electrons. The predicted molar refractivity (Wildman–Crippen MR) is 126 cm³/mol. The van der Waals surface area contributed by atoms with Crippen molar-refractivity contribution in [1.29, 1.82) is 0 Å². The molecular formula is C28H27N2O2. The molecule has 3 aromatic carbocycles. The van der Waals surface area contributed by atoms with Crippen LogP contribution in [0.2, 0.25) is 0 Å². The molecule has 0 fully saturated rings. The second-order valence-corrected chi connectivity index (χ2v) is 7.61. The van der Waals surface area contributed by atoms with Crippen molar-refractivity contribution in [3.63, 3.8) is 0 Å². The number of esters is 1. The van der Waals surface area contributed by atoms with E-state index in [1.54, 1.807) is 6.92 Å². The Hall–Kier alpha value is -3.66. The van der Waals surface area contributed by atoms with Crippen LogP contribution in [0.1, 0.15) is 53.3 Å². The van der Waals surface area contributed by atoms with Gasteiger partial charge in [0.1, 0.15) is 11.7 Å². The minimum Gasteiger partial charge on any atom is -0.460 e. The predicted octanol–water partition coefficient (Wildman–Crippen LogP) is 5.65. The van der Waals surface area contributed by atoms with E-state index in [9.17, 15) is 4.79 Å². The Kier molecular flexibility index (Phi) is 6.50. The largest absolute Gasteiger partial charge is 0.460 e. The molecule has 1 heterocycles. The van der Waals surface area contributed by atoms with Gasteiger partial charge in [-0.3, -0.25) is 0 Å². The molecular weight excluding hydrogens is 396 g/mol. The van der Waals surface area contributed by atoms with Gasteiger partial charge in [0, 0.05) is 5.69 Å². The van der Waals surface area contributed by atoms with Gasteiger partial charge in [0.25, 0.3) is 0 Å². The van der Waals surface area contributed by atoms with E-state index in [4.69, 9.17) is 4.74 Å². The Bertz CT molecular complexity index is 1060. The molecule has 0 N–H and O–H groups in total. The number of imidazole rings is 1. The highest BCUT2D eigenvalue weighted by Gasteiger charge is 2.42. The van der Waals surface area contributed by atoms with Crippen LogP contribution in [-0.2, 0) is 16.7 Å². The lowest BCUT2D eigenvalue weighted by atomic mass is 9.76. The van der Waals surface area contributed by atoms with Crippen molar-refractivity contribution < 1.29 is 9.53 Å². The molecule has 4 nitrogen and oxygen atoms in total. The van der Waals surface area contributed by atoms with Crippen LogP contribution in [0.4, 0.5) is 0 Å². The van der Waals surface area contributed by atoms with E-state index in [1.165, 1.54) is 0 Å². The standard InChI is InChI=1S/C28H27N2O2/c1-3-14-25-21-29-26(27(31)32-4-2)30(25)28(22-15-8-5-9-16-22,23-17-10-6-11-18-23)24-19-12-7-13-20-24/h5-13,15-20H,3-4,14H2,1-2H3. The summed E-state index contributed by atoms with van der Waals surface area (Å²) in [6.45, 7) is 4.20. The third-order valence-electron chi connectivity index (χ3n) is 5.63. The van der Waals surface area contributed by atoms with Gasteiger partial charge in [-0.1, -0.05) is 104 Å². The van der Waals surface area contributed by atoms with Gasteiger partial charge in [-0.15, -0.1) is 0 Å². The average molecular weight is 424 g/mol. The Morgan fingerprint density at radius 3 is 1.72 bits per heavy atom. The maximum Gasteiger partial charge on any atom is 0.374 e. The molecule has 0 aliphatic carbocycles. The number of hydrogen-bond acceptors (Lipinski definition) is 3. The van der Waals surface area contributed by atoms with Gasteiger partial charge in [-0.05, 0) is 30.0 Å². The molecule has 32 heavy (non-hydrogen) atoms. The van der Waals surface area contributed by atoms with E-state index >= 15 is 0 Å². The van der Waals surface area contributed by atoms with Crippen molar-refractivity contribution in [2.45, 2.75) is 32.2 Å². The maximum absolute atomic E-state index is 13.1. The highest BCUT2D eigenvalue weighted by molar-refractivity contribution is 5.86. The second kappa shape index (κ2) is 9.65. The van der Waals surface area contributed by atoms with Crippen LogP contribution in [-0.4, -0.2) is 22.1 Å². The van der Waals surface area contributed by atoms with Crippen molar-refractivity contribution in [3.05, 3.63) is 125 Å². The third kappa shape index (κ3) is 3.73. The average Bonchev–Trinajstić information content (AvgIpc) is 3.26. The molecule has 161 valence electrons. The SMILES string of the molecule is CCCc1[c]nc(C(=O)OCC)n1C(c1ccccc1)(c1ccccc1)c1ccccc1. The summed E-state index contributed by atoms with van der Waals surface area (Å²) in [5, 5.41) is 0. The summed E-state index contributed by atoms with van der Waals surface area (Å²) >= 11 is 0. The van der Waals surface area contributed by atoms with Crippen LogP contribution in [0, 0.1) is 6.20 Å². The number of carbonyl (C=O) groups excluding carboxylic acids is 1. The lowest BCUT2D eigenvalue weighted by molar-refractivity contribution is 0.0502. The van der Waals surface area contributed by atoms with Crippen molar-refractivity contribution >= 4 is 5.97 Å². The molecule has 0 amide bonds. The van der Waals surface area contributed by atoms with Gasteiger partial charge in [-0.25, -0.2) is 9.78 Å². The van der Waals surface area contributed by atoms with Gasteiger partial charge in [-0.2, -0.15) is 0 Å². The number of carbonyl (C=O) groups is 1. The van der Waals surface area contributed by atoms with E-state index < -0.39 is 11.5 Å². The Labute approximate surface area is 189 Å². The quantitative estimate of drug-likeness (QED) is 0.272. The topological polar surface area (TPSA) is 44.1 Å². The third-order valence-corrected chi connectivity index (χ3v) is 5.63. The first-order chi connectivity index (χ1) is 15.7. The minimum atomic E-state index is -0.816. The number of hydrogen-bond donors (Lipinski definition) is 0. The molecule has 0 saturated heterocycles. The highest BCUT2D eigenvalue weighted by Crippen LogP contribution is 2.42. The van der Waals surface area contributed by atoms with Crippen LogP contribution in [0.15, 0.2) is 91.0 Å². The molecule has 0 aliphatic rings. The molecule has 0 spiro atoms. The lowest BCUT2D eigenvalue weighted by Crippen LogP contribution is -2.41. The van der Waals surface area contributed by atoms with E-state index in [-0.39, 0.29) is 12.4 Å². The number of rotatable bonds is 8. The summed E-state index contributed by atoms with van der Waals surface area (Å²) in [4.78, 5) is 17.6. The summed E-state index contributed by atoms with van der Waals surface area (Å²) in [7, 11) is 0. The molecule has 1 aromatic heterocycles. The second-order valence-electron chi connectivity index (χ2n) is 7.61. The van der Waals surface area contributed by atoms with Gasteiger partial charge in [0.05, 0.1) is 6.61 Å². The lowest BCUT2D eigenvalue weighted by Gasteiger charge is -2.39. The fourth-order valence-electron chi connectivity index (χ4n) is 4.37. The zero-order valence-corrected chi connectivity index (χ0v) is 18.5. The van der Waals surface area contributed by atoms with Gasteiger partial charge in [0.15, 0.2) is 0 Å². The van der Waals surface area contributed by atoms with Crippen molar-refractivity contribution in [2.24, 2.45) is 0 Å². The zero-order chi connectivity index (χ0) is 22.4. The summed E-state index contributed by atoms with van der Waals surface area (Å²) in [6, 6.07) is 30.8. The molecule has 4 rings (SSSR count). The number of aromatic nitrogens is 2. The molecule has 4 aromatic rings. The summed E-state index contributed by atoms with van der Waals surface area (Å²) in [5.74, 6) is -0.190. The minimum absolute atomic E-state index is 0.256. The van der Waals surface area contributed by atoms with Gasteiger partial charge < -0.3 is 9.30 Å². The van der Waals surface area contributed by atoms with Crippen molar-refractivity contribution in [2.75, 3.05) is 6.61 Å². The van der Waals surface area contributed by atoms with Crippen molar-refractivity contribution in [3.8, 4) is 0 Å². The van der Waals surface area contributed by atoms with Crippen molar-refractivity contribution in [1.82, 2.24) is 9.55 Å². The molecule has 4 heteroatoms. The van der Waals surface area contributed by atoms with E-state index in [2.05, 4.69) is 54.5 Å². The molecule has 0 saturated carbocycles. The first-order valence-electron chi connectivity index (χ1n) is 11.1. The van der Waals surface area contributed by atoms with Crippen LogP contribution < -0.4 is 0 Å². The number of aryl methyl sites for hydroxylation is 1. The van der Waals surface area contributed by atoms with E-state index in [0.29, 0.717) is 0 Å². The smallest absolute Gasteiger partial charge is 0.374 e. The number of ether oxygens (including phenoxy) is 1. The Balaban J connectivity index is 2.17. The van der Waals surface area contributed by atoms with Crippen LogP contribution in [0.25, 0.3) is 0 Å². The van der Waals surface area contributed by atoms with Crippen LogP contribution >= 0.6 is 0 Å². The summed E-state index contributed by atoms with van der Waals surface area (Å²) < 4.78 is 7.46. The normalized spacial score (nSPS) is 11.3. The van der Waals surface area contributed by atoms with E-state index in [1.807, 2.05) is 59.2 Å². The fraction of sp³-hybridized carbons (Fsp3) is 0.214. The summed E-state index contributed by atoms with van der Waals surface area (Å²) in [5.41, 5.74) is 3.15. The Morgan fingerprint density at radius 1 is 0.844 bits per heavy atom. The molecule has 0 bridgehead atoms. The van der Waals surface area contributed by atoms with Gasteiger partial charge in [0.2, 0.25) is 5.82 Å². The molecule has 0 unspecified atom stereocenters. The first-order valence-corrected chi connectivity index (χ1v) is 11.1. The zero-order valence-electron chi connectivity index (χ0n) is 18.5. The summed E-state index contributed by atoms with van der Waals surface area (Å²) in [6.07, 6.45) is 4.78. The number of nitrogens with zero attached hydrogens (tertiary/aromatic N) is 2. The van der Waals surface area contributed by atoms with Gasteiger partial charge >= 0.3 is 5.97 Å². The monoisotopic (exact) mass is 423 g/mol. The fourth-order valence-corrected chi connectivity index (χ4v) is 4.37. The number of benzene rings is 3.